The predicted molar refractivity (Wildman–Crippen MR) is 42.3 cm³/mol. The molecule has 0 unspecified atom stereocenters. The lowest BCUT2D eigenvalue weighted by Crippen LogP contribution is -2.01. The first-order chi connectivity index (χ1) is 5.75. The summed E-state index contributed by atoms with van der Waals surface area (Å²) in [5, 5.41) is 0. The number of nitrogens with zero attached hydrogens (tertiary/aromatic N) is 1. The number of nitrogen functional groups attached to an aromatic ring is 1. The average molecular weight is 168 g/mol. The van der Waals surface area contributed by atoms with Gasteiger partial charge >= 0.3 is 0 Å². The maximum atomic E-state index is 12.5. The Kier molecular flexibility index (Phi) is 1.60. The molecule has 2 rings (SSSR count). The summed E-state index contributed by atoms with van der Waals surface area (Å²) >= 11 is 0. The first-order valence-corrected chi connectivity index (χ1v) is 3.83. The Morgan fingerprint density at radius 3 is 2.92 bits per heavy atom. The molecule has 0 bridgehead atoms. The summed E-state index contributed by atoms with van der Waals surface area (Å²) in [7, 11) is 0. The summed E-state index contributed by atoms with van der Waals surface area (Å²) in [5.41, 5.74) is 5.81. The van der Waals surface area contributed by atoms with E-state index in [1.807, 2.05) is 0 Å². The third-order valence-corrected chi connectivity index (χ3v) is 1.68. The summed E-state index contributed by atoms with van der Waals surface area (Å²) < 4.78 is 17.8. The molecule has 64 valence electrons. The molecule has 1 aliphatic carbocycles. The van der Waals surface area contributed by atoms with Gasteiger partial charge in [-0.25, -0.2) is 4.98 Å². The zero-order valence-electron chi connectivity index (χ0n) is 6.46. The van der Waals surface area contributed by atoms with E-state index < -0.39 is 5.95 Å². The van der Waals surface area contributed by atoms with Crippen molar-refractivity contribution in [3.8, 4) is 5.75 Å². The molecule has 0 spiro atoms. The fourth-order valence-corrected chi connectivity index (χ4v) is 0.895. The lowest BCUT2D eigenvalue weighted by atomic mass is 10.4. The fourth-order valence-electron chi connectivity index (χ4n) is 0.895. The summed E-state index contributed by atoms with van der Waals surface area (Å²) in [5.74, 6) is -0.0884. The fraction of sp³-hybridized carbons (Fsp3) is 0.375. The minimum Gasteiger partial charge on any atom is -0.487 e. The minimum absolute atomic E-state index is 0.263. The largest absolute Gasteiger partial charge is 0.487 e. The van der Waals surface area contributed by atoms with Crippen LogP contribution in [0.2, 0.25) is 0 Å². The van der Waals surface area contributed by atoms with E-state index in [1.54, 1.807) is 0 Å². The molecule has 1 fully saturated rings. The quantitative estimate of drug-likeness (QED) is 0.678. The van der Waals surface area contributed by atoms with Crippen LogP contribution in [0.1, 0.15) is 12.8 Å². The van der Waals surface area contributed by atoms with Gasteiger partial charge in [0.05, 0.1) is 18.0 Å². The van der Waals surface area contributed by atoms with Crippen molar-refractivity contribution in [3.63, 3.8) is 0 Å². The van der Waals surface area contributed by atoms with E-state index >= 15 is 0 Å². The first kappa shape index (κ1) is 7.34. The standard InChI is InChI=1S/C8H9FN2O/c9-8-3-6(10)7(4-11-8)12-5-1-2-5/h3-5H,1-2H2,(H2,10,11). The number of hydrogen-bond donors (Lipinski definition) is 1. The van der Waals surface area contributed by atoms with Crippen LogP contribution in [-0.2, 0) is 0 Å². The van der Waals surface area contributed by atoms with Crippen molar-refractivity contribution in [2.24, 2.45) is 0 Å². The maximum absolute atomic E-state index is 12.5. The first-order valence-electron chi connectivity index (χ1n) is 3.83. The van der Waals surface area contributed by atoms with Gasteiger partial charge in [-0.1, -0.05) is 0 Å². The lowest BCUT2D eigenvalue weighted by Gasteiger charge is -2.05. The van der Waals surface area contributed by atoms with Crippen LogP contribution in [0.25, 0.3) is 0 Å². The van der Waals surface area contributed by atoms with Crippen LogP contribution >= 0.6 is 0 Å². The molecule has 1 aliphatic rings. The number of halogens is 1. The highest BCUT2D eigenvalue weighted by Crippen LogP contribution is 2.29. The van der Waals surface area contributed by atoms with Gasteiger partial charge in [-0.3, -0.25) is 0 Å². The third kappa shape index (κ3) is 1.47. The molecule has 0 aromatic carbocycles. The van der Waals surface area contributed by atoms with Crippen LogP contribution < -0.4 is 10.5 Å². The van der Waals surface area contributed by atoms with Gasteiger partial charge in [0, 0.05) is 6.07 Å². The van der Waals surface area contributed by atoms with Gasteiger partial charge < -0.3 is 10.5 Å². The van der Waals surface area contributed by atoms with Gasteiger partial charge in [-0.2, -0.15) is 4.39 Å². The maximum Gasteiger partial charge on any atom is 0.215 e. The van der Waals surface area contributed by atoms with Crippen LogP contribution in [0.3, 0.4) is 0 Å². The molecule has 1 heterocycles. The van der Waals surface area contributed by atoms with Crippen LogP contribution in [0, 0.1) is 5.95 Å². The monoisotopic (exact) mass is 168 g/mol. The van der Waals surface area contributed by atoms with E-state index in [0.29, 0.717) is 11.4 Å². The van der Waals surface area contributed by atoms with Crippen molar-refractivity contribution in [2.45, 2.75) is 18.9 Å². The Bertz CT molecular complexity index is 299. The number of anilines is 1. The molecule has 1 aromatic heterocycles. The molecule has 4 heteroatoms. The van der Waals surface area contributed by atoms with Gasteiger partial charge in [0.25, 0.3) is 0 Å². The zero-order chi connectivity index (χ0) is 8.55. The number of aromatic nitrogens is 1. The van der Waals surface area contributed by atoms with Crippen LogP contribution in [0.15, 0.2) is 12.3 Å². The second kappa shape index (κ2) is 2.62. The van der Waals surface area contributed by atoms with E-state index in [1.165, 1.54) is 6.20 Å². The van der Waals surface area contributed by atoms with Crippen LogP contribution in [0.5, 0.6) is 5.75 Å². The normalized spacial score (nSPS) is 16.1. The highest BCUT2D eigenvalue weighted by molar-refractivity contribution is 5.50. The molecular formula is C8H9FN2O. The predicted octanol–water partition coefficient (Wildman–Crippen LogP) is 1.34. The Morgan fingerprint density at radius 1 is 1.58 bits per heavy atom. The molecule has 12 heavy (non-hydrogen) atoms. The molecule has 0 aliphatic heterocycles. The summed E-state index contributed by atoms with van der Waals surface area (Å²) in [6, 6.07) is 1.16. The van der Waals surface area contributed by atoms with E-state index in [4.69, 9.17) is 10.5 Å². The number of rotatable bonds is 2. The Labute approximate surface area is 69.4 Å². The number of pyridine rings is 1. The summed E-state index contributed by atoms with van der Waals surface area (Å²) in [6.45, 7) is 0. The van der Waals surface area contributed by atoms with Gasteiger partial charge in [0.2, 0.25) is 5.95 Å². The van der Waals surface area contributed by atoms with Gasteiger partial charge in [-0.05, 0) is 12.8 Å². The van der Waals surface area contributed by atoms with Crippen molar-refractivity contribution in [3.05, 3.63) is 18.2 Å². The molecule has 0 radical (unpaired) electrons. The molecule has 3 nitrogen and oxygen atoms in total. The van der Waals surface area contributed by atoms with Crippen LogP contribution in [0.4, 0.5) is 10.1 Å². The lowest BCUT2D eigenvalue weighted by molar-refractivity contribution is 0.303. The topological polar surface area (TPSA) is 48.1 Å². The molecular weight excluding hydrogens is 159 g/mol. The van der Waals surface area contributed by atoms with E-state index in [9.17, 15) is 4.39 Å². The molecule has 0 saturated heterocycles. The number of ether oxygens (including phenoxy) is 1. The second-order valence-corrected chi connectivity index (χ2v) is 2.86. The second-order valence-electron chi connectivity index (χ2n) is 2.86. The van der Waals surface area contributed by atoms with Gasteiger partial charge in [0.1, 0.15) is 0 Å². The molecule has 2 N–H and O–H groups in total. The Hall–Kier alpha value is -1.32. The van der Waals surface area contributed by atoms with E-state index in [0.717, 1.165) is 18.9 Å². The van der Waals surface area contributed by atoms with Gasteiger partial charge in [0.15, 0.2) is 5.75 Å². The minimum atomic E-state index is -0.573. The molecule has 0 amide bonds. The smallest absolute Gasteiger partial charge is 0.215 e. The molecule has 1 aromatic rings. The average Bonchev–Trinajstić information content (AvgIpc) is 2.79. The third-order valence-electron chi connectivity index (χ3n) is 1.68. The van der Waals surface area contributed by atoms with Crippen molar-refractivity contribution < 1.29 is 9.13 Å². The van der Waals surface area contributed by atoms with Crippen LogP contribution in [-0.4, -0.2) is 11.1 Å². The van der Waals surface area contributed by atoms with Crippen molar-refractivity contribution in [1.82, 2.24) is 4.98 Å². The number of nitrogens with two attached hydrogens (primary N) is 1. The van der Waals surface area contributed by atoms with Gasteiger partial charge in [-0.15, -0.1) is 0 Å². The highest BCUT2D eigenvalue weighted by Gasteiger charge is 2.24. The zero-order valence-corrected chi connectivity index (χ0v) is 6.46. The highest BCUT2D eigenvalue weighted by atomic mass is 19.1. The number of hydrogen-bond acceptors (Lipinski definition) is 3. The molecule has 1 saturated carbocycles. The van der Waals surface area contributed by atoms with Crippen molar-refractivity contribution in [1.29, 1.82) is 0 Å². The SMILES string of the molecule is Nc1cc(F)ncc1OC1CC1. The van der Waals surface area contributed by atoms with Crippen molar-refractivity contribution in [2.75, 3.05) is 5.73 Å². The Morgan fingerprint density at radius 2 is 2.33 bits per heavy atom. The Balaban J connectivity index is 2.18. The molecule has 0 atom stereocenters. The summed E-state index contributed by atoms with van der Waals surface area (Å²) in [4.78, 5) is 3.45. The van der Waals surface area contributed by atoms with E-state index in [-0.39, 0.29) is 6.10 Å². The van der Waals surface area contributed by atoms with Crippen molar-refractivity contribution >= 4 is 5.69 Å². The van der Waals surface area contributed by atoms with E-state index in [2.05, 4.69) is 4.98 Å². The summed E-state index contributed by atoms with van der Waals surface area (Å²) in [6.07, 6.45) is 3.69.